The zero-order valence-corrected chi connectivity index (χ0v) is 20.2. The molecule has 184 valence electrons. The predicted molar refractivity (Wildman–Crippen MR) is 129 cm³/mol. The lowest BCUT2D eigenvalue weighted by molar-refractivity contribution is -0.114. The Labute approximate surface area is 206 Å². The minimum Gasteiger partial charge on any atom is -0.493 e. The minimum absolute atomic E-state index is 0.0416. The zero-order valence-electron chi connectivity index (χ0n) is 18.6. The third-order valence-electron chi connectivity index (χ3n) is 4.89. The Balaban J connectivity index is 2.04. The third kappa shape index (κ3) is 5.64. The number of ether oxygens (including phenoxy) is 2. The minimum atomic E-state index is -4.39. The first-order valence-electron chi connectivity index (χ1n) is 9.97. The van der Waals surface area contributed by atoms with E-state index in [4.69, 9.17) is 26.8 Å². The summed E-state index contributed by atoms with van der Waals surface area (Å²) in [4.78, 5) is 24.3. The number of hydrogen-bond donors (Lipinski definition) is 2. The molecule has 0 radical (unpaired) electrons. The van der Waals surface area contributed by atoms with E-state index in [1.165, 1.54) is 50.6 Å². The van der Waals surface area contributed by atoms with Crippen LogP contribution in [0.15, 0.2) is 65.6 Å². The Morgan fingerprint density at radius 3 is 2.34 bits per heavy atom. The molecule has 0 aliphatic rings. The van der Waals surface area contributed by atoms with Gasteiger partial charge in [-0.25, -0.2) is 12.8 Å². The average molecular weight is 522 g/mol. The summed E-state index contributed by atoms with van der Waals surface area (Å²) in [7, 11) is -1.65. The molecule has 12 heteroatoms. The van der Waals surface area contributed by atoms with Gasteiger partial charge in [0.25, 0.3) is 15.9 Å². The lowest BCUT2D eigenvalue weighted by Crippen LogP contribution is -2.38. The van der Waals surface area contributed by atoms with Gasteiger partial charge in [-0.15, -0.1) is 0 Å². The van der Waals surface area contributed by atoms with Crippen LogP contribution < -0.4 is 24.8 Å². The summed E-state index contributed by atoms with van der Waals surface area (Å²) in [5.41, 5.74) is 5.42. The molecule has 0 unspecified atom stereocenters. The van der Waals surface area contributed by atoms with Crippen molar-refractivity contribution in [3.8, 4) is 11.5 Å². The quantitative estimate of drug-likeness (QED) is 0.444. The second kappa shape index (κ2) is 10.6. The van der Waals surface area contributed by atoms with Crippen LogP contribution in [0.2, 0.25) is 5.02 Å². The molecule has 0 atom stereocenters. The van der Waals surface area contributed by atoms with Crippen molar-refractivity contribution in [1.82, 2.24) is 0 Å². The Morgan fingerprint density at radius 2 is 1.71 bits per heavy atom. The van der Waals surface area contributed by atoms with Crippen LogP contribution in [0.3, 0.4) is 0 Å². The summed E-state index contributed by atoms with van der Waals surface area (Å²) in [5.74, 6) is -1.89. The predicted octanol–water partition coefficient (Wildman–Crippen LogP) is 3.43. The normalized spacial score (nSPS) is 11.0. The molecule has 3 aromatic rings. The van der Waals surface area contributed by atoms with E-state index < -0.39 is 34.2 Å². The van der Waals surface area contributed by atoms with E-state index in [-0.39, 0.29) is 32.6 Å². The van der Waals surface area contributed by atoms with Crippen LogP contribution in [-0.2, 0) is 14.8 Å². The Bertz CT molecular complexity index is 1380. The van der Waals surface area contributed by atoms with Crippen molar-refractivity contribution in [3.63, 3.8) is 0 Å². The second-order valence-electron chi connectivity index (χ2n) is 7.08. The monoisotopic (exact) mass is 521 g/mol. The van der Waals surface area contributed by atoms with Gasteiger partial charge >= 0.3 is 0 Å². The van der Waals surface area contributed by atoms with E-state index >= 15 is 0 Å². The third-order valence-corrected chi connectivity index (χ3v) is 6.95. The number of hydrogen-bond acceptors (Lipinski definition) is 6. The highest BCUT2D eigenvalue weighted by molar-refractivity contribution is 7.92. The number of carbonyl (C=O) groups excluding carboxylic acids is 2. The highest BCUT2D eigenvalue weighted by Gasteiger charge is 2.29. The number of rotatable bonds is 9. The van der Waals surface area contributed by atoms with Crippen LogP contribution in [0.1, 0.15) is 10.4 Å². The first-order valence-corrected chi connectivity index (χ1v) is 11.8. The van der Waals surface area contributed by atoms with Crippen molar-refractivity contribution in [2.24, 2.45) is 5.73 Å². The van der Waals surface area contributed by atoms with Gasteiger partial charge in [-0.3, -0.25) is 13.9 Å². The molecule has 0 saturated carbocycles. The topological polar surface area (TPSA) is 128 Å². The molecule has 0 aromatic heterocycles. The fourth-order valence-electron chi connectivity index (χ4n) is 3.19. The van der Waals surface area contributed by atoms with Crippen LogP contribution in [0, 0.1) is 5.82 Å². The molecule has 0 heterocycles. The Kier molecular flexibility index (Phi) is 7.82. The fourth-order valence-corrected chi connectivity index (χ4v) is 4.79. The number of methoxy groups -OCH3 is 2. The average Bonchev–Trinajstić information content (AvgIpc) is 2.84. The van der Waals surface area contributed by atoms with E-state index in [1.54, 1.807) is 12.1 Å². The van der Waals surface area contributed by atoms with E-state index in [2.05, 4.69) is 5.32 Å². The Morgan fingerprint density at radius 1 is 1.03 bits per heavy atom. The molecule has 0 aliphatic heterocycles. The number of amides is 2. The highest BCUT2D eigenvalue weighted by Crippen LogP contribution is 2.33. The van der Waals surface area contributed by atoms with Gasteiger partial charge in [-0.05, 0) is 42.5 Å². The summed E-state index contributed by atoms with van der Waals surface area (Å²) in [6.07, 6.45) is 0. The number of carbonyl (C=O) groups is 2. The molecule has 3 N–H and O–H groups in total. The summed E-state index contributed by atoms with van der Waals surface area (Å²) in [6.45, 7) is -0.730. The van der Waals surface area contributed by atoms with Crippen molar-refractivity contribution >= 4 is 44.8 Å². The molecule has 2 amide bonds. The molecule has 35 heavy (non-hydrogen) atoms. The first kappa shape index (κ1) is 25.8. The number of halogens is 2. The zero-order chi connectivity index (χ0) is 25.8. The number of nitrogens with two attached hydrogens (primary N) is 1. The lowest BCUT2D eigenvalue weighted by atomic mass is 10.1. The van der Waals surface area contributed by atoms with Gasteiger partial charge in [-0.1, -0.05) is 23.7 Å². The van der Waals surface area contributed by atoms with Crippen molar-refractivity contribution in [2.75, 3.05) is 30.4 Å². The molecule has 9 nitrogen and oxygen atoms in total. The summed E-state index contributed by atoms with van der Waals surface area (Å²) >= 11 is 5.88. The van der Waals surface area contributed by atoms with Crippen LogP contribution in [-0.4, -0.2) is 41.0 Å². The number of para-hydroxylation sites is 1. The van der Waals surface area contributed by atoms with Gasteiger partial charge in [0.1, 0.15) is 12.4 Å². The van der Waals surface area contributed by atoms with Crippen molar-refractivity contribution in [3.05, 3.63) is 77.1 Å². The van der Waals surface area contributed by atoms with E-state index in [1.807, 2.05) is 0 Å². The van der Waals surface area contributed by atoms with E-state index in [0.717, 1.165) is 16.4 Å². The second-order valence-corrected chi connectivity index (χ2v) is 9.35. The smallest absolute Gasteiger partial charge is 0.264 e. The van der Waals surface area contributed by atoms with Gasteiger partial charge in [-0.2, -0.15) is 0 Å². The molecule has 3 rings (SSSR count). The van der Waals surface area contributed by atoms with Crippen LogP contribution in [0.5, 0.6) is 11.5 Å². The molecule has 0 spiro atoms. The van der Waals surface area contributed by atoms with Crippen molar-refractivity contribution < 1.29 is 31.9 Å². The van der Waals surface area contributed by atoms with Crippen molar-refractivity contribution in [2.45, 2.75) is 4.90 Å². The number of benzene rings is 3. The summed E-state index contributed by atoms with van der Waals surface area (Å²) in [6, 6.07) is 13.1. The van der Waals surface area contributed by atoms with Gasteiger partial charge in [0.2, 0.25) is 5.91 Å². The van der Waals surface area contributed by atoms with Gasteiger partial charge < -0.3 is 20.5 Å². The highest BCUT2D eigenvalue weighted by atomic mass is 35.5. The number of nitrogens with one attached hydrogen (secondary N) is 1. The van der Waals surface area contributed by atoms with Crippen LogP contribution in [0.25, 0.3) is 0 Å². The van der Waals surface area contributed by atoms with E-state index in [9.17, 15) is 22.4 Å². The van der Waals surface area contributed by atoms with Crippen LogP contribution >= 0.6 is 11.6 Å². The number of nitrogens with zero attached hydrogens (tertiary/aromatic N) is 1. The van der Waals surface area contributed by atoms with Gasteiger partial charge in [0, 0.05) is 6.07 Å². The SMILES string of the molecule is COc1ccc(S(=O)(=O)N(CC(=O)Nc2ccccc2C(N)=O)c2ccc(F)c(Cl)c2)cc1OC. The van der Waals surface area contributed by atoms with Crippen molar-refractivity contribution in [1.29, 1.82) is 0 Å². The molecule has 0 aliphatic carbocycles. The number of anilines is 2. The first-order chi connectivity index (χ1) is 16.6. The fraction of sp³-hybridized carbons (Fsp3) is 0.130. The standard InChI is InChI=1S/C23H21ClFN3O6S/c1-33-20-10-8-15(12-21(20)34-2)35(31,32)28(14-7-9-18(25)17(24)11-14)13-22(29)27-19-6-4-3-5-16(19)23(26)30/h3-12H,13H2,1-2H3,(H2,26,30)(H,27,29). The maximum absolute atomic E-state index is 13.8. The maximum atomic E-state index is 13.8. The molecule has 0 saturated heterocycles. The molecular formula is C23H21ClFN3O6S. The largest absolute Gasteiger partial charge is 0.493 e. The number of sulfonamides is 1. The molecule has 0 bridgehead atoms. The molecule has 3 aromatic carbocycles. The molecular weight excluding hydrogens is 501 g/mol. The van der Waals surface area contributed by atoms with Gasteiger partial charge in [0.15, 0.2) is 11.5 Å². The van der Waals surface area contributed by atoms with Gasteiger partial charge in [0.05, 0.1) is 41.1 Å². The summed E-state index contributed by atoms with van der Waals surface area (Å²) in [5, 5.41) is 2.15. The molecule has 0 fully saturated rings. The maximum Gasteiger partial charge on any atom is 0.264 e. The van der Waals surface area contributed by atoms with Crippen LogP contribution in [0.4, 0.5) is 15.8 Å². The summed E-state index contributed by atoms with van der Waals surface area (Å²) < 4.78 is 52.1. The number of primary amides is 1. The lowest BCUT2D eigenvalue weighted by Gasteiger charge is -2.25. The van der Waals surface area contributed by atoms with E-state index in [0.29, 0.717) is 5.75 Å². The Hall–Kier alpha value is -3.83.